The van der Waals surface area contributed by atoms with Crippen molar-refractivity contribution in [3.8, 4) is 5.75 Å². The zero-order valence-electron chi connectivity index (χ0n) is 21.0. The Morgan fingerprint density at radius 1 is 0.914 bits per heavy atom. The van der Waals surface area contributed by atoms with Gasteiger partial charge in [0.25, 0.3) is 10.0 Å². The molecular formula is C28H34N2O4S. The fourth-order valence-corrected chi connectivity index (χ4v) is 5.23. The van der Waals surface area contributed by atoms with Crippen LogP contribution in [-0.4, -0.2) is 28.0 Å². The number of ether oxygens (including phenoxy) is 1. The summed E-state index contributed by atoms with van der Waals surface area (Å²) in [6, 6.07) is 21.2. The van der Waals surface area contributed by atoms with Crippen LogP contribution in [0.15, 0.2) is 77.7 Å². The van der Waals surface area contributed by atoms with Crippen molar-refractivity contribution in [1.29, 1.82) is 0 Å². The molecule has 0 bridgehead atoms. The highest BCUT2D eigenvalue weighted by Crippen LogP contribution is 2.27. The van der Waals surface area contributed by atoms with Crippen molar-refractivity contribution in [2.75, 3.05) is 18.0 Å². The number of sulfonamides is 1. The van der Waals surface area contributed by atoms with Crippen LogP contribution in [0.4, 0.5) is 5.69 Å². The number of anilines is 1. The van der Waals surface area contributed by atoms with Gasteiger partial charge in [-0.1, -0.05) is 62.7 Å². The summed E-state index contributed by atoms with van der Waals surface area (Å²) in [7, 11) is -2.36. The van der Waals surface area contributed by atoms with Gasteiger partial charge in [0.15, 0.2) is 0 Å². The van der Waals surface area contributed by atoms with Gasteiger partial charge in [-0.05, 0) is 66.8 Å². The molecule has 3 aromatic rings. The molecule has 186 valence electrons. The Morgan fingerprint density at radius 2 is 1.49 bits per heavy atom. The van der Waals surface area contributed by atoms with Gasteiger partial charge >= 0.3 is 0 Å². The number of methoxy groups -OCH3 is 1. The first-order valence-electron chi connectivity index (χ1n) is 11.8. The van der Waals surface area contributed by atoms with E-state index in [1.165, 1.54) is 4.31 Å². The maximum atomic E-state index is 13.6. The molecule has 6 nitrogen and oxygen atoms in total. The number of rotatable bonds is 10. The van der Waals surface area contributed by atoms with Gasteiger partial charge in [0, 0.05) is 0 Å². The van der Waals surface area contributed by atoms with Gasteiger partial charge in [0.1, 0.15) is 12.3 Å². The molecule has 1 atom stereocenters. The summed E-state index contributed by atoms with van der Waals surface area (Å²) in [5.41, 5.74) is 3.43. The summed E-state index contributed by atoms with van der Waals surface area (Å²) in [6.07, 6.45) is 0.659. The molecule has 0 spiro atoms. The van der Waals surface area contributed by atoms with Crippen molar-refractivity contribution >= 4 is 21.6 Å². The lowest BCUT2D eigenvalue weighted by Crippen LogP contribution is -2.42. The van der Waals surface area contributed by atoms with Gasteiger partial charge in [0.2, 0.25) is 5.91 Å². The second-order valence-electron chi connectivity index (χ2n) is 8.87. The number of nitrogens with zero attached hydrogens (tertiary/aromatic N) is 1. The molecule has 3 rings (SSSR count). The highest BCUT2D eigenvalue weighted by atomic mass is 32.2. The third-order valence-corrected chi connectivity index (χ3v) is 7.79. The summed E-state index contributed by atoms with van der Waals surface area (Å²) in [6.45, 7) is 7.70. The highest BCUT2D eigenvalue weighted by Gasteiger charge is 2.28. The normalized spacial score (nSPS) is 12.3. The van der Waals surface area contributed by atoms with Crippen LogP contribution in [-0.2, 0) is 14.8 Å². The van der Waals surface area contributed by atoms with Gasteiger partial charge in [0.05, 0.1) is 23.7 Å². The zero-order chi connectivity index (χ0) is 25.6. The molecule has 1 amide bonds. The minimum absolute atomic E-state index is 0.144. The lowest BCUT2D eigenvalue weighted by Gasteiger charge is -2.26. The molecule has 0 aromatic heterocycles. The van der Waals surface area contributed by atoms with E-state index in [4.69, 9.17) is 4.74 Å². The molecule has 0 heterocycles. The molecule has 0 saturated carbocycles. The Kier molecular flexibility index (Phi) is 8.57. The van der Waals surface area contributed by atoms with E-state index in [-0.39, 0.29) is 23.4 Å². The molecule has 35 heavy (non-hydrogen) atoms. The molecule has 0 saturated heterocycles. The number of aryl methyl sites for hydroxylation is 1. The second-order valence-corrected chi connectivity index (χ2v) is 10.7. The second kappa shape index (κ2) is 11.4. The maximum Gasteiger partial charge on any atom is 0.264 e. The van der Waals surface area contributed by atoms with Crippen LogP contribution in [0.25, 0.3) is 0 Å². The largest absolute Gasteiger partial charge is 0.497 e. The van der Waals surface area contributed by atoms with Crippen LogP contribution < -0.4 is 14.4 Å². The predicted octanol–water partition coefficient (Wildman–Crippen LogP) is 5.59. The van der Waals surface area contributed by atoms with Crippen molar-refractivity contribution in [2.45, 2.75) is 51.0 Å². The molecule has 0 aliphatic rings. The standard InChI is InChI=1S/C28H34N2O4S/c1-6-27(23-11-15-25(34-5)16-12-23)29-28(31)19-30(24-13-9-22(10-14-24)20(2)3)35(32,33)26-17-7-21(4)8-18-26/h7-18,20,27H,6,19H2,1-5H3,(H,29,31). The molecule has 0 radical (unpaired) electrons. The average Bonchev–Trinajstić information content (AvgIpc) is 2.86. The van der Waals surface area contributed by atoms with Crippen LogP contribution in [0.1, 0.15) is 55.8 Å². The predicted molar refractivity (Wildman–Crippen MR) is 140 cm³/mol. The first-order valence-corrected chi connectivity index (χ1v) is 13.2. The van der Waals surface area contributed by atoms with E-state index in [0.717, 1.165) is 22.4 Å². The van der Waals surface area contributed by atoms with Crippen LogP contribution in [0, 0.1) is 6.92 Å². The molecule has 0 aliphatic carbocycles. The van der Waals surface area contributed by atoms with Gasteiger partial charge in [-0.2, -0.15) is 0 Å². The minimum atomic E-state index is -3.96. The Labute approximate surface area is 209 Å². The third-order valence-electron chi connectivity index (χ3n) is 6.01. The molecule has 0 aliphatic heterocycles. The molecule has 1 unspecified atom stereocenters. The quantitative estimate of drug-likeness (QED) is 0.399. The number of nitrogens with one attached hydrogen (secondary N) is 1. The Bertz CT molecular complexity index is 1220. The fraction of sp³-hybridized carbons (Fsp3) is 0.321. The van der Waals surface area contributed by atoms with E-state index in [0.29, 0.717) is 18.0 Å². The first kappa shape index (κ1) is 26.3. The van der Waals surface area contributed by atoms with Crippen molar-refractivity contribution < 1.29 is 17.9 Å². The SMILES string of the molecule is CCC(NC(=O)CN(c1ccc(C(C)C)cc1)S(=O)(=O)c1ccc(C)cc1)c1ccc(OC)cc1. The molecule has 0 fully saturated rings. The molecule has 3 aromatic carbocycles. The number of benzene rings is 3. The topological polar surface area (TPSA) is 75.7 Å². The Morgan fingerprint density at radius 3 is 2.00 bits per heavy atom. The van der Waals surface area contributed by atoms with Crippen molar-refractivity contribution in [3.05, 3.63) is 89.5 Å². The van der Waals surface area contributed by atoms with Crippen molar-refractivity contribution in [3.63, 3.8) is 0 Å². The monoisotopic (exact) mass is 494 g/mol. The third kappa shape index (κ3) is 6.42. The summed E-state index contributed by atoms with van der Waals surface area (Å²) < 4.78 is 33.6. The van der Waals surface area contributed by atoms with Gasteiger partial charge in [-0.25, -0.2) is 8.42 Å². The van der Waals surface area contributed by atoms with E-state index < -0.39 is 10.0 Å². The van der Waals surface area contributed by atoms with Crippen LogP contribution in [0.2, 0.25) is 0 Å². The highest BCUT2D eigenvalue weighted by molar-refractivity contribution is 7.92. The van der Waals surface area contributed by atoms with E-state index in [1.54, 1.807) is 43.5 Å². The summed E-state index contributed by atoms with van der Waals surface area (Å²) in [5.74, 6) is 0.663. The van der Waals surface area contributed by atoms with Crippen molar-refractivity contribution in [2.24, 2.45) is 0 Å². The van der Waals surface area contributed by atoms with Crippen LogP contribution in [0.5, 0.6) is 5.75 Å². The number of hydrogen-bond acceptors (Lipinski definition) is 4. The van der Waals surface area contributed by atoms with Gasteiger partial charge in [-0.15, -0.1) is 0 Å². The number of hydrogen-bond donors (Lipinski definition) is 1. The van der Waals surface area contributed by atoms with E-state index in [1.807, 2.05) is 50.2 Å². The molecular weight excluding hydrogens is 460 g/mol. The van der Waals surface area contributed by atoms with Crippen LogP contribution >= 0.6 is 0 Å². The Hall–Kier alpha value is -3.32. The lowest BCUT2D eigenvalue weighted by molar-refractivity contribution is -0.120. The summed E-state index contributed by atoms with van der Waals surface area (Å²) >= 11 is 0. The van der Waals surface area contributed by atoms with Gasteiger partial charge in [-0.3, -0.25) is 9.10 Å². The summed E-state index contributed by atoms with van der Waals surface area (Å²) in [5, 5.41) is 3.00. The smallest absolute Gasteiger partial charge is 0.264 e. The average molecular weight is 495 g/mol. The van der Waals surface area contributed by atoms with Crippen molar-refractivity contribution in [1.82, 2.24) is 5.32 Å². The minimum Gasteiger partial charge on any atom is -0.497 e. The number of carbonyl (C=O) groups excluding carboxylic acids is 1. The fourth-order valence-electron chi connectivity index (χ4n) is 3.81. The van der Waals surface area contributed by atoms with Crippen LogP contribution in [0.3, 0.4) is 0 Å². The molecule has 1 N–H and O–H groups in total. The molecule has 7 heteroatoms. The number of amides is 1. The number of carbonyl (C=O) groups is 1. The van der Waals surface area contributed by atoms with E-state index >= 15 is 0 Å². The van der Waals surface area contributed by atoms with E-state index in [9.17, 15) is 13.2 Å². The zero-order valence-corrected chi connectivity index (χ0v) is 21.8. The Balaban J connectivity index is 1.90. The van der Waals surface area contributed by atoms with Gasteiger partial charge < -0.3 is 10.1 Å². The summed E-state index contributed by atoms with van der Waals surface area (Å²) in [4.78, 5) is 13.3. The van der Waals surface area contributed by atoms with E-state index in [2.05, 4.69) is 19.2 Å². The first-order chi connectivity index (χ1) is 16.6. The lowest BCUT2D eigenvalue weighted by atomic mass is 10.0. The maximum absolute atomic E-state index is 13.6.